The van der Waals surface area contributed by atoms with Crippen LogP contribution in [0.3, 0.4) is 0 Å². The molecule has 1 amide bonds. The summed E-state index contributed by atoms with van der Waals surface area (Å²) in [4.78, 5) is 14.8. The molecule has 1 saturated heterocycles. The number of benzene rings is 3. The molecule has 3 aromatic rings. The fraction of sp³-hybridized carbons (Fsp3) is 0.424. The fourth-order valence-corrected chi connectivity index (χ4v) is 7.64. The maximum Gasteiger partial charge on any atom is 0.412 e. The van der Waals surface area contributed by atoms with Crippen LogP contribution in [0.4, 0.5) is 4.79 Å². The third kappa shape index (κ3) is 8.30. The molecule has 10 nitrogen and oxygen atoms in total. The van der Waals surface area contributed by atoms with Crippen LogP contribution in [0.2, 0.25) is 0 Å². The maximum absolute atomic E-state index is 14.5. The molecule has 0 saturated carbocycles. The highest BCUT2D eigenvalue weighted by atomic mass is 32.2. The van der Waals surface area contributed by atoms with Gasteiger partial charge in [0.25, 0.3) is 10.1 Å². The average Bonchev–Trinajstić information content (AvgIpc) is 3.26. The van der Waals surface area contributed by atoms with Gasteiger partial charge in [-0.3, -0.25) is 9.08 Å². The van der Waals surface area contributed by atoms with E-state index in [0.717, 1.165) is 11.1 Å². The Hall–Kier alpha value is -3.29. The standard InChI is InChI=1S/C33H42N2O8S2/c1-24-13-17-28(18-14-24)44(37,38)34(21-27-22-41-33(6,7)35(27)31(36)43-32(3,4)5)30(26-11-9-8-10-12-26)23-42-45(39,40)29-19-15-25(2)16-20-29/h8-20,27,30H,21-23H2,1-7H3/t27-,30+/m1/s1. The summed E-state index contributed by atoms with van der Waals surface area (Å²) in [6.07, 6.45) is -0.655. The van der Waals surface area contributed by atoms with E-state index < -0.39 is 56.3 Å². The van der Waals surface area contributed by atoms with Gasteiger partial charge in [0.15, 0.2) is 0 Å². The number of hydrogen-bond donors (Lipinski definition) is 0. The van der Waals surface area contributed by atoms with Gasteiger partial charge in [0.1, 0.15) is 11.3 Å². The van der Waals surface area contributed by atoms with Crippen molar-refractivity contribution in [3.63, 3.8) is 0 Å². The monoisotopic (exact) mass is 658 g/mol. The van der Waals surface area contributed by atoms with Gasteiger partial charge in [-0.2, -0.15) is 12.7 Å². The number of aryl methyl sites for hydroxylation is 2. The molecule has 2 atom stereocenters. The molecular formula is C33H42N2O8S2. The van der Waals surface area contributed by atoms with Crippen LogP contribution < -0.4 is 0 Å². The van der Waals surface area contributed by atoms with Crippen molar-refractivity contribution in [2.24, 2.45) is 0 Å². The molecule has 1 aliphatic rings. The van der Waals surface area contributed by atoms with Gasteiger partial charge < -0.3 is 9.47 Å². The first-order chi connectivity index (χ1) is 20.9. The highest BCUT2D eigenvalue weighted by Crippen LogP contribution is 2.35. The van der Waals surface area contributed by atoms with Crippen LogP contribution in [0.15, 0.2) is 88.7 Å². The van der Waals surface area contributed by atoms with Crippen LogP contribution in [0.1, 0.15) is 57.4 Å². The third-order valence-electron chi connectivity index (χ3n) is 7.41. The highest BCUT2D eigenvalue weighted by Gasteiger charge is 2.48. The van der Waals surface area contributed by atoms with E-state index in [9.17, 15) is 21.6 Å². The van der Waals surface area contributed by atoms with Crippen molar-refractivity contribution < 1.29 is 35.3 Å². The quantitative estimate of drug-likeness (QED) is 0.250. The summed E-state index contributed by atoms with van der Waals surface area (Å²) in [5, 5.41) is 0. The molecule has 0 radical (unpaired) electrons. The van der Waals surface area contributed by atoms with E-state index in [4.69, 9.17) is 13.7 Å². The number of nitrogens with zero attached hydrogens (tertiary/aromatic N) is 2. The lowest BCUT2D eigenvalue weighted by atomic mass is 10.1. The molecule has 12 heteroatoms. The second kappa shape index (κ2) is 13.2. The van der Waals surface area contributed by atoms with Crippen molar-refractivity contribution in [1.82, 2.24) is 9.21 Å². The van der Waals surface area contributed by atoms with E-state index in [-0.39, 0.29) is 22.9 Å². The largest absolute Gasteiger partial charge is 0.444 e. The molecule has 4 rings (SSSR count). The zero-order chi connectivity index (χ0) is 33.2. The Labute approximate surface area is 267 Å². The topological polar surface area (TPSA) is 120 Å². The van der Waals surface area contributed by atoms with Gasteiger partial charge in [-0.25, -0.2) is 13.2 Å². The molecule has 0 bridgehead atoms. The smallest absolute Gasteiger partial charge is 0.412 e. The summed E-state index contributed by atoms with van der Waals surface area (Å²) in [5.74, 6) is 0. The Balaban J connectivity index is 1.80. The van der Waals surface area contributed by atoms with Crippen molar-refractivity contribution in [3.8, 4) is 0 Å². The first kappa shape index (κ1) is 34.6. The summed E-state index contributed by atoms with van der Waals surface area (Å²) in [6, 6.07) is 19.4. The normalized spacial score (nSPS) is 17.8. The SMILES string of the molecule is Cc1ccc(S(=O)(=O)OC[C@@H](c2ccccc2)N(C[C@@H]2COC(C)(C)N2C(=O)OC(C)(C)C)S(=O)(=O)c2ccc(C)cc2)cc1. The Morgan fingerprint density at radius 2 is 1.44 bits per heavy atom. The number of rotatable bonds is 10. The highest BCUT2D eigenvalue weighted by molar-refractivity contribution is 7.89. The zero-order valence-electron chi connectivity index (χ0n) is 26.8. The van der Waals surface area contributed by atoms with Crippen molar-refractivity contribution in [2.75, 3.05) is 19.8 Å². The van der Waals surface area contributed by atoms with Gasteiger partial charge >= 0.3 is 6.09 Å². The van der Waals surface area contributed by atoms with Crippen LogP contribution in [0.25, 0.3) is 0 Å². The molecule has 0 unspecified atom stereocenters. The zero-order valence-corrected chi connectivity index (χ0v) is 28.4. The number of sulfonamides is 1. The number of carbonyl (C=O) groups excluding carboxylic acids is 1. The minimum absolute atomic E-state index is 0.0115. The third-order valence-corrected chi connectivity index (χ3v) is 10.6. The van der Waals surface area contributed by atoms with E-state index >= 15 is 0 Å². The van der Waals surface area contributed by atoms with Crippen LogP contribution >= 0.6 is 0 Å². The van der Waals surface area contributed by atoms with Gasteiger partial charge in [-0.1, -0.05) is 65.7 Å². The Bertz CT molecular complexity index is 1680. The first-order valence-electron chi connectivity index (χ1n) is 14.7. The first-order valence-corrected chi connectivity index (χ1v) is 17.5. The van der Waals surface area contributed by atoms with Gasteiger partial charge in [0.2, 0.25) is 10.0 Å². The van der Waals surface area contributed by atoms with E-state index in [1.54, 1.807) is 89.2 Å². The molecular weight excluding hydrogens is 617 g/mol. The summed E-state index contributed by atoms with van der Waals surface area (Å²) < 4.78 is 74.0. The summed E-state index contributed by atoms with van der Waals surface area (Å²) in [6.45, 7) is 11.6. The maximum atomic E-state index is 14.5. The average molecular weight is 659 g/mol. The Morgan fingerprint density at radius 3 is 1.98 bits per heavy atom. The molecule has 1 aliphatic heterocycles. The van der Waals surface area contributed by atoms with Crippen molar-refractivity contribution in [1.29, 1.82) is 0 Å². The molecule has 0 spiro atoms. The summed E-state index contributed by atoms with van der Waals surface area (Å²) in [7, 11) is -8.54. The molecule has 0 aliphatic carbocycles. The van der Waals surface area contributed by atoms with E-state index in [2.05, 4.69) is 0 Å². The molecule has 45 heavy (non-hydrogen) atoms. The fourth-order valence-electron chi connectivity index (χ4n) is 5.09. The Morgan fingerprint density at radius 1 is 0.911 bits per heavy atom. The molecule has 3 aromatic carbocycles. The predicted molar refractivity (Wildman–Crippen MR) is 170 cm³/mol. The van der Waals surface area contributed by atoms with Crippen molar-refractivity contribution >= 4 is 26.2 Å². The minimum Gasteiger partial charge on any atom is -0.444 e. The second-order valence-electron chi connectivity index (χ2n) is 12.6. The van der Waals surface area contributed by atoms with Gasteiger partial charge in [0, 0.05) is 6.54 Å². The summed E-state index contributed by atoms with van der Waals surface area (Å²) in [5.41, 5.74) is 0.352. The van der Waals surface area contributed by atoms with Crippen LogP contribution in [-0.4, -0.2) is 69.3 Å². The lowest BCUT2D eigenvalue weighted by Crippen LogP contribution is -2.54. The number of ether oxygens (including phenoxy) is 2. The molecule has 1 fully saturated rings. The van der Waals surface area contributed by atoms with E-state index in [1.165, 1.54) is 33.5 Å². The summed E-state index contributed by atoms with van der Waals surface area (Å²) >= 11 is 0. The second-order valence-corrected chi connectivity index (χ2v) is 16.1. The molecule has 0 aromatic heterocycles. The minimum atomic E-state index is -4.29. The predicted octanol–water partition coefficient (Wildman–Crippen LogP) is 5.81. The molecule has 244 valence electrons. The van der Waals surface area contributed by atoms with Crippen LogP contribution in [-0.2, 0) is 33.8 Å². The van der Waals surface area contributed by atoms with Gasteiger partial charge in [-0.05, 0) is 78.3 Å². The molecule has 1 heterocycles. The van der Waals surface area contributed by atoms with Crippen molar-refractivity contribution in [2.45, 2.75) is 81.7 Å². The lowest BCUT2D eigenvalue weighted by Gasteiger charge is -2.38. The van der Waals surface area contributed by atoms with E-state index in [1.807, 2.05) is 13.8 Å². The molecule has 0 N–H and O–H groups in total. The van der Waals surface area contributed by atoms with E-state index in [0.29, 0.717) is 5.56 Å². The number of hydrogen-bond acceptors (Lipinski definition) is 8. The Kier molecular flexibility index (Phi) is 10.2. The van der Waals surface area contributed by atoms with Gasteiger partial charge in [-0.15, -0.1) is 0 Å². The van der Waals surface area contributed by atoms with Gasteiger partial charge in [0.05, 0.1) is 35.1 Å². The van der Waals surface area contributed by atoms with Crippen LogP contribution in [0, 0.1) is 13.8 Å². The van der Waals surface area contributed by atoms with Crippen molar-refractivity contribution in [3.05, 3.63) is 95.6 Å². The lowest BCUT2D eigenvalue weighted by molar-refractivity contribution is -0.0630. The van der Waals surface area contributed by atoms with Crippen LogP contribution in [0.5, 0.6) is 0 Å². The number of carbonyl (C=O) groups is 1. The number of amides is 1.